The van der Waals surface area contributed by atoms with Crippen molar-refractivity contribution in [3.63, 3.8) is 0 Å². The molecule has 0 aliphatic carbocycles. The van der Waals surface area contributed by atoms with Crippen LogP contribution in [-0.4, -0.2) is 38.4 Å². The fourth-order valence-corrected chi connectivity index (χ4v) is 3.45. The van der Waals surface area contributed by atoms with Crippen LogP contribution in [0.2, 0.25) is 0 Å². The van der Waals surface area contributed by atoms with E-state index in [0.29, 0.717) is 12.2 Å². The summed E-state index contributed by atoms with van der Waals surface area (Å²) < 4.78 is 12.0. The molecule has 4 rings (SSSR count). The third-order valence-electron chi connectivity index (χ3n) is 4.89. The van der Waals surface area contributed by atoms with Gasteiger partial charge in [-0.2, -0.15) is 0 Å². The van der Waals surface area contributed by atoms with E-state index in [9.17, 15) is 0 Å². The number of hydrogen-bond acceptors (Lipinski definition) is 4. The van der Waals surface area contributed by atoms with Crippen molar-refractivity contribution in [1.82, 2.24) is 10.6 Å². The van der Waals surface area contributed by atoms with Crippen molar-refractivity contribution < 1.29 is 9.47 Å². The number of rotatable bonds is 6. The molecule has 2 N–H and O–H groups in total. The van der Waals surface area contributed by atoms with Gasteiger partial charge in [-0.15, -0.1) is 0 Å². The fraction of sp³-hybridized carbons (Fsp3) is 0.429. The summed E-state index contributed by atoms with van der Waals surface area (Å²) in [5.41, 5.74) is 2.59. The zero-order valence-electron chi connectivity index (χ0n) is 14.5. The van der Waals surface area contributed by atoms with Crippen LogP contribution in [0, 0.1) is 0 Å². The van der Waals surface area contributed by atoms with Crippen LogP contribution in [0.25, 0.3) is 0 Å². The van der Waals surface area contributed by atoms with Gasteiger partial charge >= 0.3 is 0 Å². The maximum atomic E-state index is 5.98. The van der Waals surface area contributed by atoms with E-state index in [1.807, 2.05) is 0 Å². The molecule has 0 radical (unpaired) electrons. The molecule has 0 saturated carbocycles. The van der Waals surface area contributed by atoms with Gasteiger partial charge < -0.3 is 20.1 Å². The summed E-state index contributed by atoms with van der Waals surface area (Å²) >= 11 is 0. The third-order valence-corrected chi connectivity index (χ3v) is 4.89. The highest BCUT2D eigenvalue weighted by Gasteiger charge is 2.16. The lowest BCUT2D eigenvalue weighted by molar-refractivity contribution is 0.223. The van der Waals surface area contributed by atoms with Gasteiger partial charge in [-0.1, -0.05) is 24.3 Å². The van der Waals surface area contributed by atoms with Gasteiger partial charge in [0, 0.05) is 13.1 Å². The van der Waals surface area contributed by atoms with Crippen molar-refractivity contribution in [2.24, 2.45) is 0 Å². The Kier molecular flexibility index (Phi) is 5.19. The predicted molar refractivity (Wildman–Crippen MR) is 99.5 cm³/mol. The van der Waals surface area contributed by atoms with Crippen LogP contribution in [0.4, 0.5) is 0 Å². The second-order valence-electron chi connectivity index (χ2n) is 6.93. The van der Waals surface area contributed by atoms with Gasteiger partial charge in [0.15, 0.2) is 0 Å². The molecule has 0 spiro atoms. The lowest BCUT2D eigenvalue weighted by Gasteiger charge is -2.13. The second-order valence-corrected chi connectivity index (χ2v) is 6.93. The smallest absolute Gasteiger partial charge is 0.119 e. The average molecular weight is 338 g/mol. The van der Waals surface area contributed by atoms with Crippen molar-refractivity contribution in [3.05, 3.63) is 59.7 Å². The Hall–Kier alpha value is -2.04. The van der Waals surface area contributed by atoms with Crippen LogP contribution in [-0.2, 0) is 6.42 Å². The van der Waals surface area contributed by atoms with Gasteiger partial charge in [0.25, 0.3) is 0 Å². The van der Waals surface area contributed by atoms with E-state index in [1.165, 1.54) is 11.1 Å². The van der Waals surface area contributed by atoms with Crippen LogP contribution in [0.5, 0.6) is 11.5 Å². The molecule has 4 nitrogen and oxygen atoms in total. The van der Waals surface area contributed by atoms with E-state index in [-0.39, 0.29) is 0 Å². The molecular formula is C21H26N2O2. The Morgan fingerprint density at radius 2 is 1.12 bits per heavy atom. The van der Waals surface area contributed by atoms with E-state index in [2.05, 4.69) is 59.2 Å². The molecule has 2 atom stereocenters. The summed E-state index contributed by atoms with van der Waals surface area (Å²) in [6.45, 7) is 4.01. The van der Waals surface area contributed by atoms with E-state index in [0.717, 1.165) is 56.9 Å². The first-order valence-corrected chi connectivity index (χ1v) is 9.28. The van der Waals surface area contributed by atoms with Crippen LogP contribution in [0.1, 0.15) is 24.0 Å². The minimum absolute atomic E-state index is 0.313. The van der Waals surface area contributed by atoms with Gasteiger partial charge in [-0.25, -0.2) is 0 Å². The number of nitrogens with one attached hydrogen (secondary N) is 2. The molecule has 2 saturated heterocycles. The van der Waals surface area contributed by atoms with Crippen LogP contribution in [0.3, 0.4) is 0 Å². The van der Waals surface area contributed by atoms with Crippen molar-refractivity contribution in [3.8, 4) is 11.5 Å². The molecular weight excluding hydrogens is 312 g/mol. The Labute approximate surface area is 149 Å². The van der Waals surface area contributed by atoms with E-state index in [4.69, 9.17) is 9.47 Å². The highest BCUT2D eigenvalue weighted by Crippen LogP contribution is 2.20. The van der Waals surface area contributed by atoms with Gasteiger partial charge in [0.2, 0.25) is 0 Å². The van der Waals surface area contributed by atoms with Crippen LogP contribution in [0.15, 0.2) is 48.5 Å². The second kappa shape index (κ2) is 7.89. The van der Waals surface area contributed by atoms with Gasteiger partial charge in [-0.3, -0.25) is 0 Å². The highest BCUT2D eigenvalue weighted by atomic mass is 16.5. The molecule has 0 bridgehead atoms. The normalized spacial score (nSPS) is 22.9. The first-order valence-electron chi connectivity index (χ1n) is 9.28. The van der Waals surface area contributed by atoms with E-state index in [1.54, 1.807) is 0 Å². The van der Waals surface area contributed by atoms with Crippen LogP contribution >= 0.6 is 0 Å². The highest BCUT2D eigenvalue weighted by molar-refractivity contribution is 5.34. The Morgan fingerprint density at radius 1 is 0.680 bits per heavy atom. The summed E-state index contributed by atoms with van der Waals surface area (Å²) in [6.07, 6.45) is 3.73. The Morgan fingerprint density at radius 3 is 1.48 bits per heavy atom. The topological polar surface area (TPSA) is 42.5 Å². The molecule has 0 aromatic heterocycles. The molecule has 2 aromatic rings. The number of hydrogen-bond donors (Lipinski definition) is 2. The largest absolute Gasteiger partial charge is 0.489 e. The third kappa shape index (κ3) is 4.53. The van der Waals surface area contributed by atoms with Gasteiger partial charge in [0.05, 0.1) is 0 Å². The van der Waals surface area contributed by atoms with Gasteiger partial charge in [-0.05, 0) is 67.7 Å². The summed E-state index contributed by atoms with van der Waals surface area (Å²) in [6, 6.07) is 17.0. The van der Waals surface area contributed by atoms with Crippen molar-refractivity contribution in [2.45, 2.75) is 31.5 Å². The van der Waals surface area contributed by atoms with Crippen molar-refractivity contribution in [2.75, 3.05) is 26.2 Å². The Balaban J connectivity index is 1.31. The maximum absolute atomic E-state index is 5.98. The first-order chi connectivity index (χ1) is 12.3. The molecule has 2 aliphatic rings. The zero-order valence-corrected chi connectivity index (χ0v) is 14.5. The molecule has 2 heterocycles. The quantitative estimate of drug-likeness (QED) is 0.850. The molecule has 2 unspecified atom stereocenters. The maximum Gasteiger partial charge on any atom is 0.119 e. The molecule has 4 heteroatoms. The molecule has 0 amide bonds. The predicted octanol–water partition coefficient (Wildman–Crippen LogP) is 2.76. The van der Waals surface area contributed by atoms with E-state index < -0.39 is 0 Å². The molecule has 2 fully saturated rings. The molecule has 25 heavy (non-hydrogen) atoms. The lowest BCUT2D eigenvalue weighted by Crippen LogP contribution is -2.19. The standard InChI is InChI=1S/C21H26N2O2/c1-5-18(24-20-9-11-22-14-20)6-2-16(1)13-17-3-7-19(8-4-17)25-21-10-12-23-15-21/h1-8,20-23H,9-15H2. The summed E-state index contributed by atoms with van der Waals surface area (Å²) in [5.74, 6) is 1.93. The minimum atomic E-state index is 0.313. The summed E-state index contributed by atoms with van der Waals surface area (Å²) in [5, 5.41) is 6.65. The van der Waals surface area contributed by atoms with E-state index >= 15 is 0 Å². The summed E-state index contributed by atoms with van der Waals surface area (Å²) in [4.78, 5) is 0. The first kappa shape index (κ1) is 16.4. The zero-order chi connectivity index (χ0) is 16.9. The monoisotopic (exact) mass is 338 g/mol. The molecule has 2 aromatic carbocycles. The number of benzene rings is 2. The summed E-state index contributed by atoms with van der Waals surface area (Å²) in [7, 11) is 0. The van der Waals surface area contributed by atoms with Crippen molar-refractivity contribution in [1.29, 1.82) is 0 Å². The van der Waals surface area contributed by atoms with Crippen LogP contribution < -0.4 is 20.1 Å². The number of ether oxygens (including phenoxy) is 2. The molecule has 2 aliphatic heterocycles. The average Bonchev–Trinajstić information content (AvgIpc) is 3.33. The SMILES string of the molecule is c1cc(OC2CCNC2)ccc1Cc1ccc(OC2CCNC2)cc1. The Bertz CT molecular complexity index is 598. The fourth-order valence-electron chi connectivity index (χ4n) is 3.45. The lowest BCUT2D eigenvalue weighted by atomic mass is 10.0. The minimum Gasteiger partial charge on any atom is -0.489 e. The molecule has 132 valence electrons. The van der Waals surface area contributed by atoms with Gasteiger partial charge in [0.1, 0.15) is 23.7 Å². The van der Waals surface area contributed by atoms with Crippen molar-refractivity contribution >= 4 is 0 Å².